The average molecular weight is 481 g/mol. The summed E-state index contributed by atoms with van der Waals surface area (Å²) in [4.78, 5) is 31.9. The van der Waals surface area contributed by atoms with Gasteiger partial charge in [-0.2, -0.15) is 0 Å². The zero-order chi connectivity index (χ0) is 24.9. The Morgan fingerprint density at radius 3 is 2.51 bits per heavy atom. The van der Waals surface area contributed by atoms with Crippen molar-refractivity contribution in [3.8, 4) is 5.75 Å². The van der Waals surface area contributed by atoms with Crippen molar-refractivity contribution in [2.24, 2.45) is 0 Å². The number of pyridine rings is 1. The Hall–Kier alpha value is -3.23. The fourth-order valence-electron chi connectivity index (χ4n) is 4.38. The Morgan fingerprint density at radius 1 is 1.06 bits per heavy atom. The van der Waals surface area contributed by atoms with Crippen LogP contribution < -0.4 is 10.3 Å². The number of aromatic nitrogens is 1. The molecule has 0 atom stereocenters. The molecule has 8 heteroatoms. The van der Waals surface area contributed by atoms with Crippen molar-refractivity contribution in [2.75, 3.05) is 60.0 Å². The maximum absolute atomic E-state index is 14.3. The van der Waals surface area contributed by atoms with Gasteiger partial charge in [0.25, 0.3) is 11.5 Å². The van der Waals surface area contributed by atoms with Gasteiger partial charge in [-0.1, -0.05) is 18.2 Å². The predicted octanol–water partition coefficient (Wildman–Crippen LogP) is 2.58. The Kier molecular flexibility index (Phi) is 7.83. The molecule has 0 saturated carbocycles. The van der Waals surface area contributed by atoms with Gasteiger partial charge in [0.1, 0.15) is 11.6 Å². The molecule has 0 N–H and O–H groups in total. The van der Waals surface area contributed by atoms with Gasteiger partial charge in [0.2, 0.25) is 0 Å². The Labute approximate surface area is 205 Å². The number of nitrogens with zero attached hydrogens (tertiary/aromatic N) is 4. The van der Waals surface area contributed by atoms with Gasteiger partial charge in [0, 0.05) is 62.4 Å². The molecule has 7 nitrogen and oxygen atoms in total. The lowest BCUT2D eigenvalue weighted by Crippen LogP contribution is -2.51. The van der Waals surface area contributed by atoms with Crippen LogP contribution in [-0.4, -0.2) is 85.1 Å². The molecule has 1 amide bonds. The van der Waals surface area contributed by atoms with Crippen LogP contribution in [0.15, 0.2) is 53.3 Å². The molecule has 186 valence electrons. The number of piperazine rings is 1. The van der Waals surface area contributed by atoms with E-state index in [2.05, 4.69) is 23.9 Å². The minimum absolute atomic E-state index is 0.0506. The second-order valence-corrected chi connectivity index (χ2v) is 9.34. The molecule has 1 aliphatic heterocycles. The predicted molar refractivity (Wildman–Crippen MR) is 136 cm³/mol. The van der Waals surface area contributed by atoms with Crippen molar-refractivity contribution in [1.82, 2.24) is 19.3 Å². The quantitative estimate of drug-likeness (QED) is 0.496. The van der Waals surface area contributed by atoms with Gasteiger partial charge in [0.15, 0.2) is 6.61 Å². The summed E-state index contributed by atoms with van der Waals surface area (Å²) in [6.07, 6.45) is 0. The van der Waals surface area contributed by atoms with Crippen LogP contribution in [0.1, 0.15) is 11.1 Å². The number of hydrogen-bond acceptors (Lipinski definition) is 5. The van der Waals surface area contributed by atoms with Gasteiger partial charge in [-0.05, 0) is 44.8 Å². The summed E-state index contributed by atoms with van der Waals surface area (Å²) in [5.41, 5.74) is 1.71. The smallest absolute Gasteiger partial charge is 0.260 e. The fraction of sp³-hybridized carbons (Fsp3) is 0.407. The van der Waals surface area contributed by atoms with E-state index >= 15 is 0 Å². The molecule has 0 spiro atoms. The molecule has 3 aromatic rings. The number of fused-ring (bicyclic) bond motifs is 1. The standard InChI is InChI=1S/C27H33FN4O3/c1-20-16-26(33)32(18-21-6-4-5-7-24(21)28)25-17-22(8-9-23(20)25)35-19-27(34)31-14-12-30(13-15-31)11-10-29(2)3/h4-9,16-17H,10-15,18-19H2,1-3H3. The second-order valence-electron chi connectivity index (χ2n) is 9.34. The molecular formula is C27H33FN4O3. The molecule has 1 saturated heterocycles. The highest BCUT2D eigenvalue weighted by Crippen LogP contribution is 2.23. The first-order valence-electron chi connectivity index (χ1n) is 12.0. The van der Waals surface area contributed by atoms with Crippen LogP contribution in [0.2, 0.25) is 0 Å². The summed E-state index contributed by atoms with van der Waals surface area (Å²) >= 11 is 0. The lowest BCUT2D eigenvalue weighted by Gasteiger charge is -2.35. The van der Waals surface area contributed by atoms with Gasteiger partial charge in [-0.15, -0.1) is 0 Å². The number of amides is 1. The zero-order valence-corrected chi connectivity index (χ0v) is 20.7. The van der Waals surface area contributed by atoms with Crippen LogP contribution in [0, 0.1) is 12.7 Å². The Morgan fingerprint density at radius 2 is 1.80 bits per heavy atom. The molecule has 0 unspecified atom stereocenters. The summed E-state index contributed by atoms with van der Waals surface area (Å²) in [5, 5.41) is 0.883. The number of hydrogen-bond donors (Lipinski definition) is 0. The lowest BCUT2D eigenvalue weighted by atomic mass is 10.1. The molecule has 4 rings (SSSR count). The number of halogens is 1. The maximum Gasteiger partial charge on any atom is 0.260 e. The van der Waals surface area contributed by atoms with Crippen molar-refractivity contribution in [2.45, 2.75) is 13.5 Å². The number of carbonyl (C=O) groups excluding carboxylic acids is 1. The maximum atomic E-state index is 14.3. The van der Waals surface area contributed by atoms with Crippen molar-refractivity contribution in [3.63, 3.8) is 0 Å². The number of benzene rings is 2. The van der Waals surface area contributed by atoms with Gasteiger partial charge in [0.05, 0.1) is 12.1 Å². The summed E-state index contributed by atoms with van der Waals surface area (Å²) in [5.74, 6) is 0.0982. The van der Waals surface area contributed by atoms with Crippen LogP contribution in [0.25, 0.3) is 10.9 Å². The monoisotopic (exact) mass is 480 g/mol. The van der Waals surface area contributed by atoms with Crippen LogP contribution in [0.4, 0.5) is 4.39 Å². The molecule has 1 aliphatic rings. The molecular weight excluding hydrogens is 447 g/mol. The summed E-state index contributed by atoms with van der Waals surface area (Å²) < 4.78 is 21.7. The highest BCUT2D eigenvalue weighted by molar-refractivity contribution is 5.84. The summed E-state index contributed by atoms with van der Waals surface area (Å²) in [6, 6.07) is 13.4. The fourth-order valence-corrected chi connectivity index (χ4v) is 4.38. The first kappa shape index (κ1) is 24.9. The SMILES string of the molecule is Cc1cc(=O)n(Cc2ccccc2F)c2cc(OCC(=O)N3CCN(CCN(C)C)CC3)ccc12. The molecule has 2 aromatic carbocycles. The minimum Gasteiger partial charge on any atom is -0.484 e. The van der Waals surface area contributed by atoms with E-state index in [4.69, 9.17) is 4.74 Å². The number of aryl methyl sites for hydroxylation is 1. The number of ether oxygens (including phenoxy) is 1. The molecule has 0 bridgehead atoms. The Balaban J connectivity index is 1.45. The topological polar surface area (TPSA) is 58.0 Å². The van der Waals surface area contributed by atoms with E-state index in [0.29, 0.717) is 29.9 Å². The van der Waals surface area contributed by atoms with E-state index in [1.165, 1.54) is 6.07 Å². The molecule has 35 heavy (non-hydrogen) atoms. The summed E-state index contributed by atoms with van der Waals surface area (Å²) in [7, 11) is 4.12. The van der Waals surface area contributed by atoms with E-state index in [9.17, 15) is 14.0 Å². The van der Waals surface area contributed by atoms with E-state index in [1.54, 1.807) is 41.0 Å². The average Bonchev–Trinajstić information content (AvgIpc) is 2.85. The third kappa shape index (κ3) is 6.07. The zero-order valence-electron chi connectivity index (χ0n) is 20.7. The van der Waals surface area contributed by atoms with Crippen LogP contribution >= 0.6 is 0 Å². The molecule has 2 heterocycles. The second kappa shape index (κ2) is 11.0. The van der Waals surface area contributed by atoms with Gasteiger partial charge in [-0.3, -0.25) is 14.5 Å². The first-order valence-corrected chi connectivity index (χ1v) is 12.0. The van der Waals surface area contributed by atoms with E-state index in [0.717, 1.165) is 37.1 Å². The van der Waals surface area contributed by atoms with Crippen molar-refractivity contribution in [3.05, 3.63) is 75.8 Å². The number of likely N-dealkylation sites (N-methyl/N-ethyl adjacent to an activating group) is 1. The first-order chi connectivity index (χ1) is 16.8. The van der Waals surface area contributed by atoms with Gasteiger partial charge < -0.3 is 19.1 Å². The molecule has 0 aliphatic carbocycles. The van der Waals surface area contributed by atoms with Crippen molar-refractivity contribution in [1.29, 1.82) is 0 Å². The highest BCUT2D eigenvalue weighted by atomic mass is 19.1. The van der Waals surface area contributed by atoms with Gasteiger partial charge >= 0.3 is 0 Å². The lowest BCUT2D eigenvalue weighted by molar-refractivity contribution is -0.135. The largest absolute Gasteiger partial charge is 0.484 e. The number of rotatable bonds is 8. The third-order valence-corrected chi connectivity index (χ3v) is 6.53. The van der Waals surface area contributed by atoms with Crippen LogP contribution in [0.5, 0.6) is 5.75 Å². The molecule has 1 fully saturated rings. The van der Waals surface area contributed by atoms with E-state index in [1.807, 2.05) is 17.9 Å². The molecule has 1 aromatic heterocycles. The van der Waals surface area contributed by atoms with Crippen LogP contribution in [0.3, 0.4) is 0 Å². The molecule has 0 radical (unpaired) electrons. The van der Waals surface area contributed by atoms with Crippen molar-refractivity contribution >= 4 is 16.8 Å². The normalized spacial score (nSPS) is 14.6. The van der Waals surface area contributed by atoms with Crippen LogP contribution in [-0.2, 0) is 11.3 Å². The van der Waals surface area contributed by atoms with E-state index in [-0.39, 0.29) is 30.4 Å². The number of carbonyl (C=O) groups is 1. The van der Waals surface area contributed by atoms with E-state index < -0.39 is 0 Å². The summed E-state index contributed by atoms with van der Waals surface area (Å²) in [6.45, 7) is 7.02. The van der Waals surface area contributed by atoms with Gasteiger partial charge in [-0.25, -0.2) is 4.39 Å². The van der Waals surface area contributed by atoms with Crippen molar-refractivity contribution < 1.29 is 13.9 Å². The Bertz CT molecular complexity index is 1250. The highest BCUT2D eigenvalue weighted by Gasteiger charge is 2.21. The third-order valence-electron chi connectivity index (χ3n) is 6.53. The minimum atomic E-state index is -0.354.